The van der Waals surface area contributed by atoms with E-state index in [1.807, 2.05) is 24.3 Å². The molecule has 0 aromatic heterocycles. The summed E-state index contributed by atoms with van der Waals surface area (Å²) in [5, 5.41) is 6.43. The third kappa shape index (κ3) is 6.32. The van der Waals surface area contributed by atoms with Gasteiger partial charge in [-0.05, 0) is 64.6 Å². The quantitative estimate of drug-likeness (QED) is 0.274. The summed E-state index contributed by atoms with van der Waals surface area (Å²) in [5.74, 6) is 0.0139. The Morgan fingerprint density at radius 2 is 1.88 bits per heavy atom. The number of ether oxygens (including phenoxy) is 1. The Kier molecular flexibility index (Phi) is 7.81. The number of nitrogens with one attached hydrogen (secondary N) is 2. The van der Waals surface area contributed by atoms with Crippen molar-refractivity contribution in [1.29, 1.82) is 0 Å². The molecule has 2 aromatic carbocycles. The van der Waals surface area contributed by atoms with Gasteiger partial charge in [-0.25, -0.2) is 5.43 Å². The Balaban J connectivity index is 1.77. The van der Waals surface area contributed by atoms with Gasteiger partial charge in [-0.2, -0.15) is 5.10 Å². The zero-order valence-electron chi connectivity index (χ0n) is 13.9. The minimum Gasteiger partial charge on any atom is -0.490 e. The van der Waals surface area contributed by atoms with Crippen molar-refractivity contribution in [2.45, 2.75) is 0 Å². The number of nitrogens with zero attached hydrogens (tertiary/aromatic N) is 1. The molecule has 0 atom stereocenters. The van der Waals surface area contributed by atoms with Crippen LogP contribution in [0, 0.1) is 3.57 Å². The van der Waals surface area contributed by atoms with Crippen molar-refractivity contribution in [2.24, 2.45) is 5.10 Å². The van der Waals surface area contributed by atoms with Gasteiger partial charge in [0.25, 0.3) is 11.8 Å². The molecule has 0 aliphatic carbocycles. The zero-order valence-corrected chi connectivity index (χ0v) is 16.1. The number of hydrogen-bond donors (Lipinski definition) is 2. The summed E-state index contributed by atoms with van der Waals surface area (Å²) in [6, 6.07) is 14.4. The highest BCUT2D eigenvalue weighted by Gasteiger charge is 2.10. The van der Waals surface area contributed by atoms with E-state index in [9.17, 15) is 9.59 Å². The second kappa shape index (κ2) is 10.3. The molecule has 0 radical (unpaired) electrons. The molecule has 0 spiro atoms. The molecule has 2 amide bonds. The molecule has 7 heteroatoms. The van der Waals surface area contributed by atoms with Crippen LogP contribution in [-0.2, 0) is 4.79 Å². The fourth-order valence-electron chi connectivity index (χ4n) is 1.92. The summed E-state index contributed by atoms with van der Waals surface area (Å²) in [4.78, 5) is 23.8. The molecule has 6 nitrogen and oxygen atoms in total. The maximum Gasteiger partial charge on any atom is 0.259 e. The van der Waals surface area contributed by atoms with E-state index in [0.29, 0.717) is 12.2 Å². The lowest BCUT2D eigenvalue weighted by molar-refractivity contribution is -0.120. The molecule has 0 aliphatic rings. The monoisotopic (exact) mass is 463 g/mol. The Morgan fingerprint density at radius 3 is 2.58 bits per heavy atom. The standard InChI is InChI=1S/C19H18IN3O3/c1-2-11-26-15-9-7-14(8-10-15)12-22-23-18(24)13-21-19(25)16-5-3-4-6-17(16)20/h2-10,12H,1,11,13H2,(H,21,25)(H,23,24)/b22-12+. The predicted octanol–water partition coefficient (Wildman–Crippen LogP) is 2.74. The van der Waals surface area contributed by atoms with Crippen molar-refractivity contribution in [2.75, 3.05) is 13.2 Å². The number of halogens is 1. The summed E-state index contributed by atoms with van der Waals surface area (Å²) in [5.41, 5.74) is 3.71. The molecule has 0 unspecified atom stereocenters. The Morgan fingerprint density at radius 1 is 1.15 bits per heavy atom. The number of carbonyl (C=O) groups excluding carboxylic acids is 2. The van der Waals surface area contributed by atoms with E-state index in [1.165, 1.54) is 6.21 Å². The van der Waals surface area contributed by atoms with Crippen molar-refractivity contribution in [3.05, 3.63) is 75.9 Å². The van der Waals surface area contributed by atoms with E-state index in [2.05, 4.69) is 45.0 Å². The van der Waals surface area contributed by atoms with Gasteiger partial charge in [-0.3, -0.25) is 9.59 Å². The lowest BCUT2D eigenvalue weighted by Gasteiger charge is -2.06. The molecule has 0 saturated carbocycles. The number of amides is 2. The normalized spacial score (nSPS) is 10.3. The first-order valence-electron chi connectivity index (χ1n) is 7.78. The molecule has 134 valence electrons. The summed E-state index contributed by atoms with van der Waals surface area (Å²) in [7, 11) is 0. The number of carbonyl (C=O) groups is 2. The average Bonchev–Trinajstić information content (AvgIpc) is 2.66. The summed E-state index contributed by atoms with van der Waals surface area (Å²) in [6.45, 7) is 3.87. The topological polar surface area (TPSA) is 79.8 Å². The van der Waals surface area contributed by atoms with Gasteiger partial charge in [-0.15, -0.1) is 0 Å². The molecule has 2 aromatic rings. The van der Waals surface area contributed by atoms with Gasteiger partial charge in [0, 0.05) is 3.57 Å². The van der Waals surface area contributed by atoms with Crippen LogP contribution >= 0.6 is 22.6 Å². The van der Waals surface area contributed by atoms with E-state index >= 15 is 0 Å². The zero-order chi connectivity index (χ0) is 18.8. The van der Waals surface area contributed by atoms with E-state index in [4.69, 9.17) is 4.74 Å². The van der Waals surface area contributed by atoms with Gasteiger partial charge in [0.05, 0.1) is 18.3 Å². The Hall–Kier alpha value is -2.68. The van der Waals surface area contributed by atoms with Crippen LogP contribution in [0.5, 0.6) is 5.75 Å². The van der Waals surface area contributed by atoms with Crippen LogP contribution in [0.1, 0.15) is 15.9 Å². The molecule has 0 heterocycles. The molecular formula is C19H18IN3O3. The third-order valence-electron chi connectivity index (χ3n) is 3.18. The van der Waals surface area contributed by atoms with Crippen molar-refractivity contribution in [3.8, 4) is 5.75 Å². The molecule has 0 saturated heterocycles. The number of rotatable bonds is 8. The van der Waals surface area contributed by atoms with E-state index < -0.39 is 5.91 Å². The molecule has 0 bridgehead atoms. The Bertz CT molecular complexity index is 804. The molecule has 26 heavy (non-hydrogen) atoms. The van der Waals surface area contributed by atoms with Crippen LogP contribution in [0.25, 0.3) is 0 Å². The lowest BCUT2D eigenvalue weighted by atomic mass is 10.2. The SMILES string of the molecule is C=CCOc1ccc(/C=N/NC(=O)CNC(=O)c2ccccc2I)cc1. The second-order valence-corrected chi connectivity index (χ2v) is 6.29. The molecule has 0 fully saturated rings. The first-order valence-corrected chi connectivity index (χ1v) is 8.86. The summed E-state index contributed by atoms with van der Waals surface area (Å²) in [6.07, 6.45) is 3.18. The van der Waals surface area contributed by atoms with E-state index in [1.54, 1.807) is 30.3 Å². The van der Waals surface area contributed by atoms with Crippen molar-refractivity contribution in [1.82, 2.24) is 10.7 Å². The first-order chi connectivity index (χ1) is 12.6. The van der Waals surface area contributed by atoms with E-state index in [0.717, 1.165) is 14.9 Å². The van der Waals surface area contributed by atoms with Gasteiger partial charge in [0.2, 0.25) is 0 Å². The van der Waals surface area contributed by atoms with Crippen LogP contribution in [0.2, 0.25) is 0 Å². The number of hydrazone groups is 1. The van der Waals surface area contributed by atoms with Gasteiger partial charge in [0.15, 0.2) is 0 Å². The molecular weight excluding hydrogens is 445 g/mol. The minimum absolute atomic E-state index is 0.157. The van der Waals surface area contributed by atoms with Crippen LogP contribution in [-0.4, -0.2) is 31.2 Å². The van der Waals surface area contributed by atoms with Crippen LogP contribution < -0.4 is 15.5 Å². The molecule has 2 rings (SSSR count). The maximum atomic E-state index is 12.0. The van der Waals surface area contributed by atoms with Crippen molar-refractivity contribution >= 4 is 40.6 Å². The predicted molar refractivity (Wildman–Crippen MR) is 109 cm³/mol. The molecule has 2 N–H and O–H groups in total. The highest BCUT2D eigenvalue weighted by molar-refractivity contribution is 14.1. The van der Waals surface area contributed by atoms with E-state index in [-0.39, 0.29) is 12.5 Å². The highest BCUT2D eigenvalue weighted by atomic mass is 127. The fraction of sp³-hybridized carbons (Fsp3) is 0.105. The second-order valence-electron chi connectivity index (χ2n) is 5.12. The third-order valence-corrected chi connectivity index (χ3v) is 4.12. The number of hydrogen-bond acceptors (Lipinski definition) is 4. The lowest BCUT2D eigenvalue weighted by Crippen LogP contribution is -2.35. The average molecular weight is 463 g/mol. The molecule has 0 aliphatic heterocycles. The summed E-state index contributed by atoms with van der Waals surface area (Å²) >= 11 is 2.07. The van der Waals surface area contributed by atoms with Gasteiger partial charge >= 0.3 is 0 Å². The fourth-order valence-corrected chi connectivity index (χ4v) is 2.56. The number of benzene rings is 2. The largest absolute Gasteiger partial charge is 0.490 e. The highest BCUT2D eigenvalue weighted by Crippen LogP contribution is 2.11. The van der Waals surface area contributed by atoms with Gasteiger partial charge < -0.3 is 10.1 Å². The van der Waals surface area contributed by atoms with Crippen LogP contribution in [0.3, 0.4) is 0 Å². The van der Waals surface area contributed by atoms with Gasteiger partial charge in [-0.1, -0.05) is 24.8 Å². The smallest absolute Gasteiger partial charge is 0.259 e. The summed E-state index contributed by atoms with van der Waals surface area (Å²) < 4.78 is 6.20. The van der Waals surface area contributed by atoms with Gasteiger partial charge in [0.1, 0.15) is 12.4 Å². The Labute approximate surface area is 165 Å². The minimum atomic E-state index is -0.411. The first kappa shape index (κ1) is 19.6. The maximum absolute atomic E-state index is 12.0. The van der Waals surface area contributed by atoms with Crippen molar-refractivity contribution in [3.63, 3.8) is 0 Å². The van der Waals surface area contributed by atoms with Crippen LogP contribution in [0.15, 0.2) is 66.3 Å². The van der Waals surface area contributed by atoms with Crippen molar-refractivity contribution < 1.29 is 14.3 Å². The van der Waals surface area contributed by atoms with Crippen LogP contribution in [0.4, 0.5) is 0 Å².